The second kappa shape index (κ2) is 10.7. The van der Waals surface area contributed by atoms with Gasteiger partial charge in [-0.3, -0.25) is 33.1 Å². The molecule has 0 radical (unpaired) electrons. The lowest BCUT2D eigenvalue weighted by molar-refractivity contribution is -0.239. The highest BCUT2D eigenvalue weighted by Crippen LogP contribution is 2.34. The van der Waals surface area contributed by atoms with Gasteiger partial charge in [0.2, 0.25) is 0 Å². The summed E-state index contributed by atoms with van der Waals surface area (Å²) in [6, 6.07) is 0. The Bertz CT molecular complexity index is 1330. The van der Waals surface area contributed by atoms with Gasteiger partial charge in [-0.05, 0) is 12.7 Å². The van der Waals surface area contributed by atoms with Crippen LogP contribution in [0.4, 0.5) is 0 Å². The van der Waals surface area contributed by atoms with E-state index in [0.717, 1.165) is 37.1 Å². The molecule has 3 rings (SSSR count). The van der Waals surface area contributed by atoms with E-state index in [1.54, 1.807) is 13.2 Å². The molecule has 0 aliphatic carbocycles. The first kappa shape index (κ1) is 27.2. The van der Waals surface area contributed by atoms with E-state index in [1.807, 2.05) is 0 Å². The van der Waals surface area contributed by atoms with E-state index < -0.39 is 59.3 Å². The van der Waals surface area contributed by atoms with Gasteiger partial charge in [0.15, 0.2) is 35.3 Å². The molecule has 0 aromatic carbocycles. The Hall–Kier alpha value is -3.39. The zero-order valence-electron chi connectivity index (χ0n) is 20.6. The van der Waals surface area contributed by atoms with Gasteiger partial charge in [0.1, 0.15) is 11.1 Å². The molecule has 1 N–H and O–H groups in total. The second-order valence-corrected chi connectivity index (χ2v) is 8.81. The molecular weight excluding hydrogens is 498 g/mol. The van der Waals surface area contributed by atoms with Crippen molar-refractivity contribution in [2.45, 2.75) is 63.8 Å². The molecule has 3 heterocycles. The lowest BCUT2D eigenvalue weighted by Crippen LogP contribution is -2.57. The summed E-state index contributed by atoms with van der Waals surface area (Å²) in [4.78, 5) is 66.8. The second-order valence-electron chi connectivity index (χ2n) is 8.04. The number of fused-ring (bicyclic) bond motifs is 1. The highest BCUT2D eigenvalue weighted by molar-refractivity contribution is 7.98. The van der Waals surface area contributed by atoms with Gasteiger partial charge < -0.3 is 24.1 Å². The minimum absolute atomic E-state index is 0.0580. The lowest BCUT2D eigenvalue weighted by Gasteiger charge is -2.41. The van der Waals surface area contributed by atoms with E-state index >= 15 is 0 Å². The number of pyridine rings is 1. The number of carbonyl (C=O) groups excluding carboxylic acids is 3. The molecule has 0 bridgehead atoms. The quantitative estimate of drug-likeness (QED) is 0.239. The van der Waals surface area contributed by atoms with E-state index in [1.165, 1.54) is 11.6 Å². The molecule has 4 atom stereocenters. The lowest BCUT2D eigenvalue weighted by atomic mass is 10.0. The summed E-state index contributed by atoms with van der Waals surface area (Å²) >= 11 is 1.13. The summed E-state index contributed by atoms with van der Waals surface area (Å²) in [7, 11) is 1.47. The summed E-state index contributed by atoms with van der Waals surface area (Å²) in [6.07, 6.45) is -3.68. The van der Waals surface area contributed by atoms with Crippen LogP contribution in [0.15, 0.2) is 14.7 Å². The standard InChI is InChI=1S/C22H27N3O10S/c1-7-12-15(29)14-18(23-22(36-6)24(5)20(14)31)25(19(12)30)21-17(35-11(4)28)16(34-10(3)27)13(8-32-21)33-9(2)26/h13,16-17,21,29H,7-8H2,1-6H3/t13-,16+,17-,21-/m1/s1. The molecule has 1 aliphatic rings. The number of hydrogen-bond acceptors (Lipinski definition) is 12. The van der Waals surface area contributed by atoms with Gasteiger partial charge in [0, 0.05) is 27.8 Å². The Morgan fingerprint density at radius 3 is 2.17 bits per heavy atom. The van der Waals surface area contributed by atoms with Crippen LogP contribution >= 0.6 is 11.8 Å². The van der Waals surface area contributed by atoms with Crippen molar-refractivity contribution in [3.05, 3.63) is 26.3 Å². The average molecular weight is 526 g/mol. The van der Waals surface area contributed by atoms with Gasteiger partial charge >= 0.3 is 17.9 Å². The molecule has 13 nitrogen and oxygen atoms in total. The van der Waals surface area contributed by atoms with Crippen LogP contribution < -0.4 is 11.1 Å². The Balaban J connectivity index is 2.37. The third-order valence-corrected chi connectivity index (χ3v) is 6.30. The molecule has 0 unspecified atom stereocenters. The van der Waals surface area contributed by atoms with Crippen molar-refractivity contribution < 1.29 is 38.4 Å². The normalized spacial score (nSPS) is 21.7. The van der Waals surface area contributed by atoms with Crippen LogP contribution in [0.1, 0.15) is 39.5 Å². The summed E-state index contributed by atoms with van der Waals surface area (Å²) in [5.74, 6) is -2.77. The molecule has 0 amide bonds. The number of rotatable bonds is 6. The van der Waals surface area contributed by atoms with E-state index in [-0.39, 0.29) is 34.8 Å². The number of nitrogens with zero attached hydrogens (tertiary/aromatic N) is 3. The molecule has 2 aromatic rings. The predicted octanol–water partition coefficient (Wildman–Crippen LogP) is 0.409. The first-order chi connectivity index (χ1) is 16.9. The van der Waals surface area contributed by atoms with Gasteiger partial charge in [-0.2, -0.15) is 0 Å². The van der Waals surface area contributed by atoms with E-state index in [9.17, 15) is 29.1 Å². The van der Waals surface area contributed by atoms with Crippen LogP contribution in [-0.4, -0.2) is 68.3 Å². The Labute approximate surface area is 209 Å². The number of hydrogen-bond donors (Lipinski definition) is 1. The van der Waals surface area contributed by atoms with Gasteiger partial charge in [-0.25, -0.2) is 4.98 Å². The summed E-state index contributed by atoms with van der Waals surface area (Å²) in [5.41, 5.74) is -1.66. The minimum atomic E-state index is -1.47. The van der Waals surface area contributed by atoms with Crippen molar-refractivity contribution in [2.24, 2.45) is 7.05 Å². The highest BCUT2D eigenvalue weighted by Gasteiger charge is 2.49. The Morgan fingerprint density at radius 2 is 1.64 bits per heavy atom. The zero-order chi connectivity index (χ0) is 26.9. The van der Waals surface area contributed by atoms with Gasteiger partial charge in [0.05, 0.1) is 12.2 Å². The minimum Gasteiger partial charge on any atom is -0.506 e. The molecule has 196 valence electrons. The van der Waals surface area contributed by atoms with Crippen molar-refractivity contribution in [3.8, 4) is 5.75 Å². The van der Waals surface area contributed by atoms with Crippen LogP contribution in [0.25, 0.3) is 11.0 Å². The topological polar surface area (TPSA) is 165 Å². The molecule has 2 aromatic heterocycles. The van der Waals surface area contributed by atoms with Crippen LogP contribution in [-0.2, 0) is 46.8 Å². The number of thioether (sulfide) groups is 1. The van der Waals surface area contributed by atoms with Crippen molar-refractivity contribution in [2.75, 3.05) is 12.9 Å². The fourth-order valence-corrected chi connectivity index (χ4v) is 4.66. The van der Waals surface area contributed by atoms with Crippen LogP contribution in [0.3, 0.4) is 0 Å². The van der Waals surface area contributed by atoms with Crippen molar-refractivity contribution >= 4 is 40.7 Å². The monoisotopic (exact) mass is 525 g/mol. The van der Waals surface area contributed by atoms with Crippen molar-refractivity contribution in [1.29, 1.82) is 0 Å². The van der Waals surface area contributed by atoms with Crippen LogP contribution in [0.2, 0.25) is 0 Å². The first-order valence-corrected chi connectivity index (χ1v) is 12.2. The zero-order valence-corrected chi connectivity index (χ0v) is 21.4. The number of esters is 3. The van der Waals surface area contributed by atoms with Gasteiger partial charge in [0.25, 0.3) is 11.1 Å². The molecule has 1 fully saturated rings. The third kappa shape index (κ3) is 4.95. The maximum absolute atomic E-state index is 13.6. The van der Waals surface area contributed by atoms with E-state index in [2.05, 4.69) is 4.98 Å². The molecule has 0 saturated carbocycles. The van der Waals surface area contributed by atoms with Crippen molar-refractivity contribution in [3.63, 3.8) is 0 Å². The van der Waals surface area contributed by atoms with Gasteiger partial charge in [-0.1, -0.05) is 18.7 Å². The first-order valence-electron chi connectivity index (χ1n) is 11.0. The fourth-order valence-electron chi connectivity index (χ4n) is 4.13. The molecule has 14 heteroatoms. The highest BCUT2D eigenvalue weighted by atomic mass is 32.2. The van der Waals surface area contributed by atoms with Gasteiger partial charge in [-0.15, -0.1) is 0 Å². The molecule has 1 aliphatic heterocycles. The Morgan fingerprint density at radius 1 is 1.06 bits per heavy atom. The number of aromatic nitrogens is 3. The molecule has 0 spiro atoms. The van der Waals surface area contributed by atoms with E-state index in [0.29, 0.717) is 0 Å². The number of carbonyl (C=O) groups is 3. The van der Waals surface area contributed by atoms with E-state index in [4.69, 9.17) is 18.9 Å². The number of aromatic hydroxyl groups is 1. The largest absolute Gasteiger partial charge is 0.506 e. The summed E-state index contributed by atoms with van der Waals surface area (Å²) in [5, 5.41) is 10.8. The Kier molecular flexibility index (Phi) is 8.09. The van der Waals surface area contributed by atoms with Crippen molar-refractivity contribution in [1.82, 2.24) is 14.1 Å². The van der Waals surface area contributed by atoms with Crippen LogP contribution in [0.5, 0.6) is 5.75 Å². The molecular formula is C22H27N3O10S. The number of ether oxygens (including phenoxy) is 4. The summed E-state index contributed by atoms with van der Waals surface area (Å²) in [6.45, 7) is 4.65. The third-order valence-electron chi connectivity index (χ3n) is 5.57. The molecule has 1 saturated heterocycles. The average Bonchev–Trinajstić information content (AvgIpc) is 2.78. The predicted molar refractivity (Wildman–Crippen MR) is 126 cm³/mol. The molecule has 36 heavy (non-hydrogen) atoms. The summed E-state index contributed by atoms with van der Waals surface area (Å²) < 4.78 is 24.1. The maximum atomic E-state index is 13.6. The fraction of sp³-hybridized carbons (Fsp3) is 0.545. The smallest absolute Gasteiger partial charge is 0.303 e. The van der Waals surface area contributed by atoms with Crippen LogP contribution in [0, 0.1) is 0 Å². The SMILES string of the molecule is CCc1c(O)c2c(=O)n(C)c(SC)nc2n([C@@H]2OC[C@@H](OC(C)=O)[C@H](OC(C)=O)[C@H]2OC(C)=O)c1=O. The maximum Gasteiger partial charge on any atom is 0.303 e.